The predicted octanol–water partition coefficient (Wildman–Crippen LogP) is -0.380. The maximum atomic E-state index is 9.40. The van der Waals surface area contributed by atoms with Crippen molar-refractivity contribution in [3.8, 4) is 5.75 Å². The lowest BCUT2D eigenvalue weighted by Gasteiger charge is -2.06. The molecule has 0 atom stereocenters. The number of aromatic nitrogens is 1. The van der Waals surface area contributed by atoms with Crippen LogP contribution in [0.3, 0.4) is 0 Å². The van der Waals surface area contributed by atoms with Crippen molar-refractivity contribution in [3.63, 3.8) is 0 Å². The van der Waals surface area contributed by atoms with E-state index in [-0.39, 0.29) is 11.2 Å². The number of rotatable bonds is 1. The van der Waals surface area contributed by atoms with E-state index in [1.54, 1.807) is 24.3 Å². The van der Waals surface area contributed by atoms with Crippen molar-refractivity contribution < 1.29 is 15.2 Å². The van der Waals surface area contributed by atoms with Crippen molar-refractivity contribution in [2.75, 3.05) is 0 Å². The lowest BCUT2D eigenvalue weighted by atomic mass is 9.77. The molecule has 0 amide bonds. The summed E-state index contributed by atoms with van der Waals surface area (Å²) in [6.45, 7) is 0. The molecule has 0 radical (unpaired) electrons. The molecule has 3 N–H and O–H groups in total. The highest BCUT2D eigenvalue weighted by molar-refractivity contribution is 6.63. The summed E-state index contributed by atoms with van der Waals surface area (Å²) in [4.78, 5) is 3.95. The van der Waals surface area contributed by atoms with Gasteiger partial charge in [-0.25, -0.2) is 0 Å². The molecule has 0 saturated heterocycles. The largest absolute Gasteiger partial charge is 0.507 e. The molecule has 0 unspecified atom stereocenters. The zero-order chi connectivity index (χ0) is 10.1. The van der Waals surface area contributed by atoms with Crippen LogP contribution in [0.2, 0.25) is 0 Å². The Morgan fingerprint density at radius 1 is 1.14 bits per heavy atom. The van der Waals surface area contributed by atoms with Crippen LogP contribution in [-0.4, -0.2) is 27.3 Å². The van der Waals surface area contributed by atoms with Crippen LogP contribution in [0.25, 0.3) is 10.9 Å². The number of hydrogen-bond donors (Lipinski definition) is 3. The number of pyridine rings is 1. The Kier molecular flexibility index (Phi) is 2.11. The zero-order valence-electron chi connectivity index (χ0n) is 7.25. The van der Waals surface area contributed by atoms with Crippen molar-refractivity contribution in [3.05, 3.63) is 30.5 Å². The van der Waals surface area contributed by atoms with Crippen molar-refractivity contribution in [1.82, 2.24) is 4.98 Å². The molecule has 0 aliphatic rings. The maximum Gasteiger partial charge on any atom is 0.493 e. The normalized spacial score (nSPS) is 10.4. The monoisotopic (exact) mass is 189 g/mol. The van der Waals surface area contributed by atoms with Gasteiger partial charge in [-0.05, 0) is 6.07 Å². The van der Waals surface area contributed by atoms with Crippen LogP contribution in [-0.2, 0) is 0 Å². The Bertz CT molecular complexity index is 473. The number of nitrogens with zero attached hydrogens (tertiary/aromatic N) is 1. The van der Waals surface area contributed by atoms with Gasteiger partial charge in [0.2, 0.25) is 0 Å². The van der Waals surface area contributed by atoms with Crippen LogP contribution in [0.4, 0.5) is 0 Å². The highest BCUT2D eigenvalue weighted by atomic mass is 16.4. The van der Waals surface area contributed by atoms with Crippen molar-refractivity contribution in [2.24, 2.45) is 0 Å². The van der Waals surface area contributed by atoms with Gasteiger partial charge in [0, 0.05) is 10.8 Å². The molecule has 1 aromatic carbocycles. The fourth-order valence-electron chi connectivity index (χ4n) is 1.42. The number of benzene rings is 1. The van der Waals surface area contributed by atoms with Crippen LogP contribution in [0.15, 0.2) is 30.5 Å². The van der Waals surface area contributed by atoms with Gasteiger partial charge in [0.1, 0.15) is 5.75 Å². The van der Waals surface area contributed by atoms with Gasteiger partial charge in [-0.2, -0.15) is 0 Å². The molecule has 4 nitrogen and oxygen atoms in total. The second-order valence-electron chi connectivity index (χ2n) is 2.95. The Labute approximate surface area is 80.6 Å². The highest BCUT2D eigenvalue weighted by Gasteiger charge is 2.19. The SMILES string of the molecule is OB(O)c1c(O)cnc2ccccc12. The van der Waals surface area contributed by atoms with Gasteiger partial charge in [0.05, 0.1) is 11.7 Å². The number of hydrogen-bond acceptors (Lipinski definition) is 4. The van der Waals surface area contributed by atoms with E-state index in [2.05, 4.69) is 4.98 Å². The summed E-state index contributed by atoms with van der Waals surface area (Å²) in [5.74, 6) is -0.210. The van der Waals surface area contributed by atoms with Gasteiger partial charge in [-0.1, -0.05) is 18.2 Å². The van der Waals surface area contributed by atoms with Crippen LogP contribution in [0.5, 0.6) is 5.75 Å². The van der Waals surface area contributed by atoms with E-state index in [9.17, 15) is 5.11 Å². The average molecular weight is 189 g/mol. The van der Waals surface area contributed by atoms with Gasteiger partial charge >= 0.3 is 7.12 Å². The maximum absolute atomic E-state index is 9.40. The minimum Gasteiger partial charge on any atom is -0.507 e. The van der Waals surface area contributed by atoms with E-state index in [4.69, 9.17) is 10.0 Å². The molecule has 0 bridgehead atoms. The van der Waals surface area contributed by atoms with E-state index in [0.717, 1.165) is 0 Å². The second-order valence-corrected chi connectivity index (χ2v) is 2.95. The number of aromatic hydroxyl groups is 1. The predicted molar refractivity (Wildman–Crippen MR) is 53.2 cm³/mol. The van der Waals surface area contributed by atoms with Crippen LogP contribution in [0.1, 0.15) is 0 Å². The van der Waals surface area contributed by atoms with Crippen molar-refractivity contribution >= 4 is 23.5 Å². The second kappa shape index (κ2) is 3.28. The summed E-state index contributed by atoms with van der Waals surface area (Å²) in [6, 6.07) is 6.95. The van der Waals surface area contributed by atoms with Gasteiger partial charge in [-0.3, -0.25) is 4.98 Å². The molecule has 0 aliphatic heterocycles. The van der Waals surface area contributed by atoms with Crippen molar-refractivity contribution in [1.29, 1.82) is 0 Å². The average Bonchev–Trinajstić information content (AvgIpc) is 2.17. The summed E-state index contributed by atoms with van der Waals surface area (Å²) in [7, 11) is -1.69. The lowest BCUT2D eigenvalue weighted by Crippen LogP contribution is -2.31. The van der Waals surface area contributed by atoms with Gasteiger partial charge < -0.3 is 15.2 Å². The Hall–Kier alpha value is -1.59. The first-order chi connectivity index (χ1) is 6.70. The van der Waals surface area contributed by atoms with E-state index >= 15 is 0 Å². The molecular formula is C9H8BNO3. The summed E-state index contributed by atoms with van der Waals surface area (Å²) in [5, 5.41) is 28.1. The zero-order valence-corrected chi connectivity index (χ0v) is 7.25. The first-order valence-corrected chi connectivity index (χ1v) is 4.13. The molecule has 0 fully saturated rings. The molecule has 5 heteroatoms. The molecule has 1 heterocycles. The standard InChI is InChI=1S/C9H8BNO3/c12-8-5-11-7-4-2-1-3-6(7)9(8)10(13)14/h1-5,12-14H. The molecule has 14 heavy (non-hydrogen) atoms. The molecule has 1 aromatic heterocycles. The summed E-state index contributed by atoms with van der Waals surface area (Å²) in [5.41, 5.74) is 0.712. The molecule has 0 saturated carbocycles. The molecule has 0 aliphatic carbocycles. The van der Waals surface area contributed by atoms with E-state index in [1.807, 2.05) is 0 Å². The van der Waals surface area contributed by atoms with E-state index in [1.165, 1.54) is 6.20 Å². The summed E-state index contributed by atoms with van der Waals surface area (Å²) in [6.07, 6.45) is 1.21. The topological polar surface area (TPSA) is 73.6 Å². The Balaban J connectivity index is 2.83. The smallest absolute Gasteiger partial charge is 0.493 e. The summed E-state index contributed by atoms with van der Waals surface area (Å²) >= 11 is 0. The Morgan fingerprint density at radius 3 is 2.57 bits per heavy atom. The van der Waals surface area contributed by atoms with Gasteiger partial charge in [0.25, 0.3) is 0 Å². The first-order valence-electron chi connectivity index (χ1n) is 4.13. The lowest BCUT2D eigenvalue weighted by molar-refractivity contribution is 0.420. The van der Waals surface area contributed by atoms with Gasteiger partial charge in [0.15, 0.2) is 0 Å². The molecule has 2 aromatic rings. The van der Waals surface area contributed by atoms with Crippen LogP contribution >= 0.6 is 0 Å². The molecule has 0 spiro atoms. The quantitative estimate of drug-likeness (QED) is 0.534. The Morgan fingerprint density at radius 2 is 1.86 bits per heavy atom. The van der Waals surface area contributed by atoms with Crippen LogP contribution in [0, 0.1) is 0 Å². The molecular weight excluding hydrogens is 181 g/mol. The summed E-state index contributed by atoms with van der Waals surface area (Å²) < 4.78 is 0. The van der Waals surface area contributed by atoms with Crippen molar-refractivity contribution in [2.45, 2.75) is 0 Å². The van der Waals surface area contributed by atoms with E-state index in [0.29, 0.717) is 10.9 Å². The fourth-order valence-corrected chi connectivity index (χ4v) is 1.42. The molecule has 2 rings (SSSR count). The minimum absolute atomic E-state index is 0.0931. The highest BCUT2D eigenvalue weighted by Crippen LogP contribution is 2.14. The van der Waals surface area contributed by atoms with Crippen LogP contribution < -0.4 is 5.46 Å². The molecule has 70 valence electrons. The van der Waals surface area contributed by atoms with Gasteiger partial charge in [-0.15, -0.1) is 0 Å². The number of para-hydroxylation sites is 1. The third-order valence-electron chi connectivity index (χ3n) is 2.05. The first kappa shape index (κ1) is 8.99. The fraction of sp³-hybridized carbons (Fsp3) is 0. The third-order valence-corrected chi connectivity index (χ3v) is 2.05. The third kappa shape index (κ3) is 1.32. The number of fused-ring (bicyclic) bond motifs is 1. The van der Waals surface area contributed by atoms with E-state index < -0.39 is 7.12 Å². The minimum atomic E-state index is -1.69.